The van der Waals surface area contributed by atoms with Gasteiger partial charge in [0.05, 0.1) is 0 Å². The molecule has 0 bridgehead atoms. The van der Waals surface area contributed by atoms with E-state index in [1.54, 1.807) is 0 Å². The highest BCUT2D eigenvalue weighted by Gasteiger charge is 1.95. The maximum absolute atomic E-state index is 11.0. The zero-order chi connectivity index (χ0) is 6.99. The smallest absolute Gasteiger partial charge is 0.239 e. The van der Waals surface area contributed by atoms with Crippen LogP contribution >= 0.6 is 0 Å². The minimum atomic E-state index is -2.23. The van der Waals surface area contributed by atoms with Crippen LogP contribution in [-0.2, 0) is 0 Å². The molecular weight excluding hydrogens is 112 g/mol. The highest BCUT2D eigenvalue weighted by atomic mass is 19.3. The fourth-order valence-corrected chi connectivity index (χ4v) is 0.126. The second kappa shape index (κ2) is 9.94. The monoisotopic (exact) mass is 125 g/mol. The first kappa shape index (κ1) is 10.7. The Kier molecular flexibility index (Phi) is 13.3. The molecule has 52 valence electrons. The number of halogens is 2. The van der Waals surface area contributed by atoms with Crippen molar-refractivity contribution in [3.8, 4) is 0 Å². The molecule has 3 heteroatoms. The Hall–Kier alpha value is -0.180. The number of alkyl halides is 2. The lowest BCUT2D eigenvalue weighted by atomic mass is 10.5. The van der Waals surface area contributed by atoms with Crippen LogP contribution in [0.25, 0.3) is 0 Å². The van der Waals surface area contributed by atoms with E-state index in [-0.39, 0.29) is 13.0 Å². The molecule has 0 rings (SSSR count). The lowest BCUT2D eigenvalue weighted by Gasteiger charge is -1.88. The number of nitrogens with two attached hydrogens (primary N) is 1. The van der Waals surface area contributed by atoms with Crippen molar-refractivity contribution in [2.45, 2.75) is 26.7 Å². The van der Waals surface area contributed by atoms with E-state index in [1.807, 2.05) is 13.8 Å². The number of hydrogen-bond donors (Lipinski definition) is 1. The SMILES string of the molecule is CC.NCCC(F)F. The van der Waals surface area contributed by atoms with Gasteiger partial charge in [-0.2, -0.15) is 0 Å². The molecule has 0 aromatic heterocycles. The summed E-state index contributed by atoms with van der Waals surface area (Å²) in [5.41, 5.74) is 4.75. The normalized spacial score (nSPS) is 8.25. The zero-order valence-corrected chi connectivity index (χ0v) is 5.32. The van der Waals surface area contributed by atoms with Crippen molar-refractivity contribution in [2.75, 3.05) is 6.54 Å². The maximum Gasteiger partial charge on any atom is 0.239 e. The van der Waals surface area contributed by atoms with Crippen LogP contribution in [0, 0.1) is 0 Å². The van der Waals surface area contributed by atoms with Crippen molar-refractivity contribution in [3.63, 3.8) is 0 Å². The van der Waals surface area contributed by atoms with Crippen molar-refractivity contribution in [2.24, 2.45) is 5.73 Å². The summed E-state index contributed by atoms with van der Waals surface area (Å²) in [5.74, 6) is 0. The summed E-state index contributed by atoms with van der Waals surface area (Å²) in [5, 5.41) is 0. The fraction of sp³-hybridized carbons (Fsp3) is 1.00. The van der Waals surface area contributed by atoms with Gasteiger partial charge in [-0.3, -0.25) is 0 Å². The van der Waals surface area contributed by atoms with E-state index in [4.69, 9.17) is 5.73 Å². The van der Waals surface area contributed by atoms with Crippen LogP contribution in [0.1, 0.15) is 20.3 Å². The van der Waals surface area contributed by atoms with Gasteiger partial charge >= 0.3 is 0 Å². The highest BCUT2D eigenvalue weighted by molar-refractivity contribution is 4.37. The first-order chi connectivity index (χ1) is 3.77. The van der Waals surface area contributed by atoms with Crippen LogP contribution in [0.2, 0.25) is 0 Å². The second-order valence-electron chi connectivity index (χ2n) is 0.968. The van der Waals surface area contributed by atoms with E-state index in [0.29, 0.717) is 0 Å². The molecule has 0 heterocycles. The van der Waals surface area contributed by atoms with E-state index in [1.165, 1.54) is 0 Å². The third-order valence-electron chi connectivity index (χ3n) is 0.385. The van der Waals surface area contributed by atoms with E-state index in [0.717, 1.165) is 0 Å². The maximum atomic E-state index is 11.0. The molecule has 0 spiro atoms. The summed E-state index contributed by atoms with van der Waals surface area (Å²) in [6, 6.07) is 0. The Morgan fingerprint density at radius 2 is 1.75 bits per heavy atom. The minimum Gasteiger partial charge on any atom is -0.330 e. The Morgan fingerprint density at radius 3 is 1.75 bits per heavy atom. The van der Waals surface area contributed by atoms with Crippen molar-refractivity contribution in [1.82, 2.24) is 0 Å². The van der Waals surface area contributed by atoms with Crippen LogP contribution in [0.4, 0.5) is 8.78 Å². The first-order valence-electron chi connectivity index (χ1n) is 2.75. The molecule has 8 heavy (non-hydrogen) atoms. The molecule has 0 aliphatic rings. The zero-order valence-electron chi connectivity index (χ0n) is 5.32. The molecule has 0 aliphatic carbocycles. The van der Waals surface area contributed by atoms with Crippen LogP contribution in [0.5, 0.6) is 0 Å². The van der Waals surface area contributed by atoms with E-state index in [2.05, 4.69) is 0 Å². The molecule has 0 unspecified atom stereocenters. The summed E-state index contributed by atoms with van der Waals surface area (Å²) in [6.07, 6.45) is -2.41. The third kappa shape index (κ3) is 17.0. The van der Waals surface area contributed by atoms with Gasteiger partial charge in [-0.15, -0.1) is 0 Å². The molecule has 0 aromatic rings. The van der Waals surface area contributed by atoms with Crippen LogP contribution in [-0.4, -0.2) is 13.0 Å². The van der Waals surface area contributed by atoms with Gasteiger partial charge in [0, 0.05) is 6.42 Å². The number of hydrogen-bond acceptors (Lipinski definition) is 1. The lowest BCUT2D eigenvalue weighted by molar-refractivity contribution is 0.140. The molecule has 0 amide bonds. The fourth-order valence-electron chi connectivity index (χ4n) is 0.126. The Bertz CT molecular complexity index is 31.6. The molecule has 0 radical (unpaired) electrons. The molecule has 0 aromatic carbocycles. The lowest BCUT2D eigenvalue weighted by Crippen LogP contribution is -2.03. The van der Waals surface area contributed by atoms with Gasteiger partial charge < -0.3 is 5.73 Å². The second-order valence-corrected chi connectivity index (χ2v) is 0.968. The summed E-state index contributed by atoms with van der Waals surface area (Å²) >= 11 is 0. The van der Waals surface area contributed by atoms with Crippen LogP contribution in [0.3, 0.4) is 0 Å². The Balaban J connectivity index is 0. The van der Waals surface area contributed by atoms with Gasteiger partial charge in [-0.25, -0.2) is 8.78 Å². The molecular formula is C5H13F2N. The molecule has 2 N–H and O–H groups in total. The molecule has 0 aliphatic heterocycles. The van der Waals surface area contributed by atoms with Gasteiger partial charge in [0.1, 0.15) is 0 Å². The van der Waals surface area contributed by atoms with E-state index < -0.39 is 6.43 Å². The largest absolute Gasteiger partial charge is 0.330 e. The van der Waals surface area contributed by atoms with E-state index >= 15 is 0 Å². The molecule has 0 saturated carbocycles. The van der Waals surface area contributed by atoms with Crippen molar-refractivity contribution in [1.29, 1.82) is 0 Å². The van der Waals surface area contributed by atoms with Gasteiger partial charge in [0.15, 0.2) is 0 Å². The molecule has 0 fully saturated rings. The quantitative estimate of drug-likeness (QED) is 0.596. The van der Waals surface area contributed by atoms with Gasteiger partial charge in [0.2, 0.25) is 6.43 Å². The van der Waals surface area contributed by atoms with Crippen molar-refractivity contribution < 1.29 is 8.78 Å². The predicted molar refractivity (Wildman–Crippen MR) is 31.0 cm³/mol. The Labute approximate surface area is 48.9 Å². The first-order valence-corrected chi connectivity index (χ1v) is 2.75. The summed E-state index contributed by atoms with van der Waals surface area (Å²) < 4.78 is 21.9. The summed E-state index contributed by atoms with van der Waals surface area (Å²) in [6.45, 7) is 4.08. The minimum absolute atomic E-state index is 0.0810. The van der Waals surface area contributed by atoms with Gasteiger partial charge in [0.25, 0.3) is 0 Å². The van der Waals surface area contributed by atoms with Crippen molar-refractivity contribution in [3.05, 3.63) is 0 Å². The number of rotatable bonds is 2. The van der Waals surface area contributed by atoms with Crippen molar-refractivity contribution >= 4 is 0 Å². The summed E-state index contributed by atoms with van der Waals surface area (Å²) in [4.78, 5) is 0. The van der Waals surface area contributed by atoms with Crippen LogP contribution in [0.15, 0.2) is 0 Å². The topological polar surface area (TPSA) is 26.0 Å². The molecule has 0 atom stereocenters. The molecule has 0 saturated heterocycles. The van der Waals surface area contributed by atoms with Crippen LogP contribution < -0.4 is 5.73 Å². The summed E-state index contributed by atoms with van der Waals surface area (Å²) in [7, 11) is 0. The molecule has 1 nitrogen and oxygen atoms in total. The van der Waals surface area contributed by atoms with E-state index in [9.17, 15) is 8.78 Å². The predicted octanol–water partition coefficient (Wildman–Crippen LogP) is 1.63. The Morgan fingerprint density at radius 1 is 1.38 bits per heavy atom. The van der Waals surface area contributed by atoms with Gasteiger partial charge in [-0.05, 0) is 6.54 Å². The average molecular weight is 125 g/mol. The third-order valence-corrected chi connectivity index (χ3v) is 0.385. The van der Waals surface area contributed by atoms with Gasteiger partial charge in [-0.1, -0.05) is 13.8 Å². The highest BCUT2D eigenvalue weighted by Crippen LogP contribution is 1.93. The standard InChI is InChI=1S/C3H7F2N.C2H6/c4-3(5)1-2-6;1-2/h3H,1-2,6H2;1-2H3. The average Bonchev–Trinajstić information content (AvgIpc) is 1.72.